The molecule has 0 bridgehead atoms. The molecule has 1 heterocycles. The number of anilines is 1. The Morgan fingerprint density at radius 3 is 2.69 bits per heavy atom. The topological polar surface area (TPSA) is 86.5 Å². The number of carbonyl (C=O) groups excluding carboxylic acids is 1. The lowest BCUT2D eigenvalue weighted by Crippen LogP contribution is -2.14. The van der Waals surface area contributed by atoms with Gasteiger partial charge in [-0.15, -0.1) is 10.2 Å². The largest absolute Gasteiger partial charge is 0.493 e. The molecule has 0 radical (unpaired) electrons. The highest BCUT2D eigenvalue weighted by atomic mass is 35.5. The van der Waals surface area contributed by atoms with Crippen LogP contribution in [-0.2, 0) is 11.2 Å². The third-order valence-corrected chi connectivity index (χ3v) is 5.11. The van der Waals surface area contributed by atoms with Gasteiger partial charge in [0.25, 0.3) is 5.22 Å². The summed E-state index contributed by atoms with van der Waals surface area (Å²) in [6, 6.07) is 10.9. The molecular weight excluding hydrogens is 414 g/mol. The Labute approximate surface area is 177 Å². The highest BCUT2D eigenvalue weighted by Crippen LogP contribution is 2.28. The normalized spacial score (nSPS) is 10.6. The molecular formula is C20H20ClN3O4S. The molecule has 1 amide bonds. The number of amides is 1. The standard InChI is InChI=1S/C20H20ClN3O4S/c1-12-4-6-14(21)10-15(12)22-18(25)11-29-20-24-23-19(28-20)9-13-5-7-16(26-2)17(8-13)27-3/h4-8,10H,9,11H2,1-3H3,(H,22,25). The Bertz CT molecular complexity index is 1010. The van der Waals surface area contributed by atoms with Gasteiger partial charge in [0.1, 0.15) is 0 Å². The molecule has 1 N–H and O–H groups in total. The first kappa shape index (κ1) is 21.0. The summed E-state index contributed by atoms with van der Waals surface area (Å²) < 4.78 is 16.2. The van der Waals surface area contributed by atoms with Crippen molar-refractivity contribution in [3.63, 3.8) is 0 Å². The van der Waals surface area contributed by atoms with Gasteiger partial charge in [-0.25, -0.2) is 0 Å². The zero-order valence-electron chi connectivity index (χ0n) is 16.2. The van der Waals surface area contributed by atoms with Crippen molar-refractivity contribution < 1.29 is 18.7 Å². The van der Waals surface area contributed by atoms with Crippen LogP contribution in [0.5, 0.6) is 11.5 Å². The van der Waals surface area contributed by atoms with Gasteiger partial charge in [-0.05, 0) is 42.3 Å². The van der Waals surface area contributed by atoms with Gasteiger partial charge in [0.05, 0.1) is 26.4 Å². The summed E-state index contributed by atoms with van der Waals surface area (Å²) in [4.78, 5) is 12.2. The van der Waals surface area contributed by atoms with Gasteiger partial charge in [0.2, 0.25) is 11.8 Å². The predicted molar refractivity (Wildman–Crippen MR) is 112 cm³/mol. The first-order valence-electron chi connectivity index (χ1n) is 8.70. The Hall–Kier alpha value is -2.71. The number of aromatic nitrogens is 2. The van der Waals surface area contributed by atoms with Gasteiger partial charge in [0, 0.05) is 10.7 Å². The molecule has 0 aliphatic heterocycles. The smallest absolute Gasteiger partial charge is 0.277 e. The number of ether oxygens (including phenoxy) is 2. The maximum Gasteiger partial charge on any atom is 0.277 e. The molecule has 9 heteroatoms. The lowest BCUT2D eigenvalue weighted by molar-refractivity contribution is -0.113. The number of thioether (sulfide) groups is 1. The van der Waals surface area contributed by atoms with Crippen molar-refractivity contribution in [2.75, 3.05) is 25.3 Å². The zero-order chi connectivity index (χ0) is 20.8. The minimum atomic E-state index is -0.181. The number of benzene rings is 2. The molecule has 0 spiro atoms. The van der Waals surface area contributed by atoms with Crippen LogP contribution < -0.4 is 14.8 Å². The molecule has 0 unspecified atom stereocenters. The molecule has 0 atom stereocenters. The highest BCUT2D eigenvalue weighted by molar-refractivity contribution is 7.99. The van der Waals surface area contributed by atoms with E-state index in [2.05, 4.69) is 15.5 Å². The Morgan fingerprint density at radius 2 is 1.93 bits per heavy atom. The van der Waals surface area contributed by atoms with Gasteiger partial charge in [0.15, 0.2) is 11.5 Å². The zero-order valence-corrected chi connectivity index (χ0v) is 17.8. The second-order valence-electron chi connectivity index (χ2n) is 6.12. The molecule has 152 valence electrons. The number of nitrogens with one attached hydrogen (secondary N) is 1. The molecule has 0 fully saturated rings. The number of nitrogens with zero attached hydrogens (tertiary/aromatic N) is 2. The van der Waals surface area contributed by atoms with E-state index in [1.807, 2.05) is 31.2 Å². The summed E-state index contributed by atoms with van der Waals surface area (Å²) in [5.41, 5.74) is 2.56. The molecule has 2 aromatic carbocycles. The Balaban J connectivity index is 1.56. The van der Waals surface area contributed by atoms with E-state index in [4.69, 9.17) is 25.5 Å². The number of rotatable bonds is 8. The highest BCUT2D eigenvalue weighted by Gasteiger charge is 2.13. The maximum atomic E-state index is 12.2. The maximum absolute atomic E-state index is 12.2. The van der Waals surface area contributed by atoms with Crippen molar-refractivity contribution in [3.05, 3.63) is 58.4 Å². The van der Waals surface area contributed by atoms with Crippen molar-refractivity contribution in [2.24, 2.45) is 0 Å². The average Bonchev–Trinajstić information content (AvgIpc) is 3.16. The van der Waals surface area contributed by atoms with Crippen molar-refractivity contribution in [1.82, 2.24) is 10.2 Å². The predicted octanol–water partition coefficient (Wildman–Crippen LogP) is 4.37. The number of methoxy groups -OCH3 is 2. The third-order valence-electron chi connectivity index (χ3n) is 4.05. The number of hydrogen-bond donors (Lipinski definition) is 1. The molecule has 1 aromatic heterocycles. The van der Waals surface area contributed by atoms with Gasteiger partial charge in [-0.1, -0.05) is 35.5 Å². The van der Waals surface area contributed by atoms with E-state index >= 15 is 0 Å². The second-order valence-corrected chi connectivity index (χ2v) is 7.49. The molecule has 3 rings (SSSR count). The van der Waals surface area contributed by atoms with E-state index in [1.165, 1.54) is 11.8 Å². The number of aryl methyl sites for hydroxylation is 1. The van der Waals surface area contributed by atoms with Crippen LogP contribution in [0.2, 0.25) is 5.02 Å². The fraction of sp³-hybridized carbons (Fsp3) is 0.250. The average molecular weight is 434 g/mol. The summed E-state index contributed by atoms with van der Waals surface area (Å²) in [7, 11) is 3.17. The van der Waals surface area contributed by atoms with E-state index in [-0.39, 0.29) is 11.7 Å². The summed E-state index contributed by atoms with van der Waals surface area (Å²) in [6.07, 6.45) is 0.446. The summed E-state index contributed by atoms with van der Waals surface area (Å²) >= 11 is 7.15. The molecule has 3 aromatic rings. The van der Waals surface area contributed by atoms with Gasteiger partial charge < -0.3 is 19.2 Å². The molecule has 29 heavy (non-hydrogen) atoms. The number of carbonyl (C=O) groups is 1. The van der Waals surface area contributed by atoms with Crippen LogP contribution in [0, 0.1) is 6.92 Å². The van der Waals surface area contributed by atoms with E-state index in [0.717, 1.165) is 11.1 Å². The summed E-state index contributed by atoms with van der Waals surface area (Å²) in [5.74, 6) is 1.70. The lowest BCUT2D eigenvalue weighted by Gasteiger charge is -2.08. The van der Waals surface area contributed by atoms with Crippen LogP contribution in [0.25, 0.3) is 0 Å². The van der Waals surface area contributed by atoms with E-state index in [9.17, 15) is 4.79 Å². The lowest BCUT2D eigenvalue weighted by atomic mass is 10.1. The molecule has 0 aliphatic rings. The van der Waals surface area contributed by atoms with E-state index in [0.29, 0.717) is 39.7 Å². The van der Waals surface area contributed by atoms with E-state index in [1.54, 1.807) is 26.4 Å². The fourth-order valence-corrected chi connectivity index (χ4v) is 3.33. The SMILES string of the molecule is COc1ccc(Cc2nnc(SCC(=O)Nc3cc(Cl)ccc3C)o2)cc1OC. The monoisotopic (exact) mass is 433 g/mol. The Kier molecular flexibility index (Phi) is 7.00. The molecule has 0 aliphatic carbocycles. The number of halogens is 1. The first-order chi connectivity index (χ1) is 14.0. The van der Waals surface area contributed by atoms with Crippen LogP contribution in [0.15, 0.2) is 46.0 Å². The van der Waals surface area contributed by atoms with Crippen molar-refractivity contribution in [2.45, 2.75) is 18.6 Å². The van der Waals surface area contributed by atoms with Crippen LogP contribution in [0.1, 0.15) is 17.0 Å². The van der Waals surface area contributed by atoms with E-state index < -0.39 is 0 Å². The molecule has 0 saturated carbocycles. The van der Waals surface area contributed by atoms with Crippen LogP contribution >= 0.6 is 23.4 Å². The van der Waals surface area contributed by atoms with Crippen LogP contribution in [0.3, 0.4) is 0 Å². The van der Waals surface area contributed by atoms with Crippen molar-refractivity contribution >= 4 is 35.0 Å². The minimum absolute atomic E-state index is 0.143. The Morgan fingerprint density at radius 1 is 1.14 bits per heavy atom. The molecule has 7 nitrogen and oxygen atoms in total. The quantitative estimate of drug-likeness (QED) is 0.528. The van der Waals surface area contributed by atoms with Gasteiger partial charge >= 0.3 is 0 Å². The minimum Gasteiger partial charge on any atom is -0.493 e. The molecule has 0 saturated heterocycles. The van der Waals surface area contributed by atoms with Crippen molar-refractivity contribution in [1.29, 1.82) is 0 Å². The fourth-order valence-electron chi connectivity index (χ4n) is 2.58. The van der Waals surface area contributed by atoms with Gasteiger partial charge in [-0.3, -0.25) is 4.79 Å². The first-order valence-corrected chi connectivity index (χ1v) is 10.1. The summed E-state index contributed by atoms with van der Waals surface area (Å²) in [6.45, 7) is 1.90. The van der Waals surface area contributed by atoms with Crippen LogP contribution in [0.4, 0.5) is 5.69 Å². The van der Waals surface area contributed by atoms with Gasteiger partial charge in [-0.2, -0.15) is 0 Å². The third kappa shape index (κ3) is 5.65. The summed E-state index contributed by atoms with van der Waals surface area (Å²) in [5, 5.41) is 11.8. The number of hydrogen-bond acceptors (Lipinski definition) is 7. The second kappa shape index (κ2) is 9.67. The van der Waals surface area contributed by atoms with Crippen molar-refractivity contribution in [3.8, 4) is 11.5 Å². The van der Waals surface area contributed by atoms with Crippen LogP contribution in [-0.4, -0.2) is 36.1 Å².